The molecule has 6 nitrogen and oxygen atoms in total. The molecule has 1 aliphatic carbocycles. The van der Waals surface area contributed by atoms with Gasteiger partial charge in [-0.15, -0.1) is 0 Å². The predicted octanol–water partition coefficient (Wildman–Crippen LogP) is 3.42. The van der Waals surface area contributed by atoms with Crippen LogP contribution in [-0.4, -0.2) is 20.9 Å². The molecule has 1 aliphatic rings. The Labute approximate surface area is 116 Å². The van der Waals surface area contributed by atoms with Crippen LogP contribution in [0.5, 0.6) is 0 Å². The predicted molar refractivity (Wildman–Crippen MR) is 73.4 cm³/mol. The van der Waals surface area contributed by atoms with Crippen molar-refractivity contribution in [2.75, 3.05) is 5.32 Å². The largest absolute Gasteiger partial charge is 0.361 e. The first-order valence-electron chi connectivity index (χ1n) is 6.53. The summed E-state index contributed by atoms with van der Waals surface area (Å²) in [7, 11) is 0. The Hall–Kier alpha value is -1.43. The Balaban J connectivity index is 2.08. The van der Waals surface area contributed by atoms with Crippen molar-refractivity contribution in [1.82, 2.24) is 9.97 Å². The van der Waals surface area contributed by atoms with Crippen LogP contribution in [0.3, 0.4) is 0 Å². The van der Waals surface area contributed by atoms with Gasteiger partial charge in [-0.05, 0) is 31.6 Å². The van der Waals surface area contributed by atoms with Gasteiger partial charge in [-0.2, -0.15) is 0 Å². The van der Waals surface area contributed by atoms with Crippen LogP contribution in [0.1, 0.15) is 39.0 Å². The highest BCUT2D eigenvalue weighted by atomic mass is 35.5. The van der Waals surface area contributed by atoms with Crippen molar-refractivity contribution in [2.24, 2.45) is 5.92 Å². The topological polar surface area (TPSA) is 81.0 Å². The standard InChI is InChI=1S/C12H17ClN4O2/c1-2-8-3-5-9(6-4-8)16-12-10(17(18)19)11(13)14-7-15-12/h7-9H,2-6H2,1H3,(H,14,15,16). The highest BCUT2D eigenvalue weighted by molar-refractivity contribution is 6.31. The summed E-state index contributed by atoms with van der Waals surface area (Å²) in [5, 5.41) is 14.0. The van der Waals surface area contributed by atoms with E-state index < -0.39 is 4.92 Å². The minimum Gasteiger partial charge on any atom is -0.361 e. The summed E-state index contributed by atoms with van der Waals surface area (Å²) in [5.41, 5.74) is -0.234. The number of nitrogens with zero attached hydrogens (tertiary/aromatic N) is 3. The lowest BCUT2D eigenvalue weighted by Crippen LogP contribution is -2.26. The maximum absolute atomic E-state index is 11.0. The summed E-state index contributed by atoms with van der Waals surface area (Å²) in [5.74, 6) is 1.01. The lowest BCUT2D eigenvalue weighted by molar-refractivity contribution is -0.384. The molecule has 1 fully saturated rings. The molecule has 7 heteroatoms. The Kier molecular flexibility index (Phi) is 4.52. The first-order chi connectivity index (χ1) is 9.11. The highest BCUT2D eigenvalue weighted by Crippen LogP contribution is 2.32. The van der Waals surface area contributed by atoms with Crippen molar-refractivity contribution >= 4 is 23.1 Å². The van der Waals surface area contributed by atoms with Gasteiger partial charge in [-0.3, -0.25) is 10.1 Å². The molecule has 0 aromatic carbocycles. The second-order valence-corrected chi connectivity index (χ2v) is 5.25. The van der Waals surface area contributed by atoms with Crippen molar-refractivity contribution in [3.8, 4) is 0 Å². The molecule has 104 valence electrons. The fourth-order valence-corrected chi connectivity index (χ4v) is 2.74. The molecule has 2 rings (SSSR count). The van der Waals surface area contributed by atoms with Crippen molar-refractivity contribution in [2.45, 2.75) is 45.1 Å². The van der Waals surface area contributed by atoms with Gasteiger partial charge in [-0.1, -0.05) is 24.9 Å². The molecular formula is C12H17ClN4O2. The molecule has 1 heterocycles. The molecule has 0 bridgehead atoms. The Bertz CT molecular complexity index is 461. The van der Waals surface area contributed by atoms with Crippen LogP contribution in [0, 0.1) is 16.0 Å². The third-order valence-corrected chi connectivity index (χ3v) is 4.00. The van der Waals surface area contributed by atoms with E-state index in [2.05, 4.69) is 22.2 Å². The lowest BCUT2D eigenvalue weighted by atomic mass is 9.84. The third kappa shape index (κ3) is 3.32. The summed E-state index contributed by atoms with van der Waals surface area (Å²) in [6.07, 6.45) is 6.78. The summed E-state index contributed by atoms with van der Waals surface area (Å²) >= 11 is 5.75. The van der Waals surface area contributed by atoms with E-state index >= 15 is 0 Å². The zero-order valence-electron chi connectivity index (χ0n) is 10.8. The average molecular weight is 285 g/mol. The normalized spacial score (nSPS) is 23.1. The number of anilines is 1. The van der Waals surface area contributed by atoms with Crippen LogP contribution in [-0.2, 0) is 0 Å². The molecule has 1 saturated carbocycles. The van der Waals surface area contributed by atoms with Crippen LogP contribution in [0.25, 0.3) is 0 Å². The summed E-state index contributed by atoms with van der Waals surface area (Å²) in [6.45, 7) is 2.20. The molecule has 1 aromatic rings. The molecule has 0 radical (unpaired) electrons. The monoisotopic (exact) mass is 284 g/mol. The zero-order valence-corrected chi connectivity index (χ0v) is 11.6. The molecule has 1 N–H and O–H groups in total. The number of nitro groups is 1. The van der Waals surface area contributed by atoms with Crippen LogP contribution in [0.4, 0.5) is 11.5 Å². The van der Waals surface area contributed by atoms with Gasteiger partial charge < -0.3 is 5.32 Å². The van der Waals surface area contributed by atoms with Gasteiger partial charge >= 0.3 is 5.69 Å². The molecule has 19 heavy (non-hydrogen) atoms. The Morgan fingerprint density at radius 1 is 1.42 bits per heavy atom. The van der Waals surface area contributed by atoms with Gasteiger partial charge in [0.05, 0.1) is 4.92 Å². The van der Waals surface area contributed by atoms with Crippen molar-refractivity contribution in [3.63, 3.8) is 0 Å². The van der Waals surface area contributed by atoms with Crippen molar-refractivity contribution in [3.05, 3.63) is 21.6 Å². The smallest absolute Gasteiger partial charge is 0.348 e. The van der Waals surface area contributed by atoms with Gasteiger partial charge in [-0.25, -0.2) is 9.97 Å². The van der Waals surface area contributed by atoms with Crippen molar-refractivity contribution < 1.29 is 4.92 Å². The van der Waals surface area contributed by atoms with Gasteiger partial charge in [0.15, 0.2) is 0 Å². The number of halogens is 1. The van der Waals surface area contributed by atoms with Gasteiger partial charge in [0.1, 0.15) is 6.33 Å². The number of hydrogen-bond acceptors (Lipinski definition) is 5. The number of nitrogens with one attached hydrogen (secondary N) is 1. The maximum atomic E-state index is 11.0. The van der Waals surface area contributed by atoms with Crippen LogP contribution >= 0.6 is 11.6 Å². The number of rotatable bonds is 4. The summed E-state index contributed by atoms with van der Waals surface area (Å²) in [4.78, 5) is 18.0. The minimum atomic E-state index is -0.539. The molecule has 1 aromatic heterocycles. The SMILES string of the molecule is CCC1CCC(Nc2ncnc(Cl)c2[N+](=O)[O-])CC1. The molecule has 0 spiro atoms. The molecule has 0 unspecified atom stereocenters. The van der Waals surface area contributed by atoms with Crippen LogP contribution < -0.4 is 5.32 Å². The average Bonchev–Trinajstić information content (AvgIpc) is 2.39. The van der Waals surface area contributed by atoms with E-state index in [1.165, 1.54) is 12.7 Å². The fourth-order valence-electron chi connectivity index (χ4n) is 2.53. The zero-order chi connectivity index (χ0) is 13.8. The molecule has 0 atom stereocenters. The van der Waals surface area contributed by atoms with Gasteiger partial charge in [0.2, 0.25) is 11.0 Å². The molecule has 0 amide bonds. The summed E-state index contributed by atoms with van der Waals surface area (Å²) in [6, 6.07) is 0.229. The second kappa shape index (κ2) is 6.14. The van der Waals surface area contributed by atoms with E-state index in [9.17, 15) is 10.1 Å². The van der Waals surface area contributed by atoms with E-state index in [0.717, 1.165) is 31.6 Å². The number of hydrogen-bond donors (Lipinski definition) is 1. The van der Waals surface area contributed by atoms with Crippen LogP contribution in [0.2, 0.25) is 5.15 Å². The summed E-state index contributed by atoms with van der Waals surface area (Å²) < 4.78 is 0. The fraction of sp³-hybridized carbons (Fsp3) is 0.667. The molecule has 0 aliphatic heterocycles. The first-order valence-corrected chi connectivity index (χ1v) is 6.91. The van der Waals surface area contributed by atoms with Crippen LogP contribution in [0.15, 0.2) is 6.33 Å². The van der Waals surface area contributed by atoms with Crippen molar-refractivity contribution in [1.29, 1.82) is 0 Å². The molecular weight excluding hydrogens is 268 g/mol. The van der Waals surface area contributed by atoms with Gasteiger partial charge in [0, 0.05) is 6.04 Å². The molecule has 0 saturated heterocycles. The Morgan fingerprint density at radius 3 is 2.68 bits per heavy atom. The first kappa shape index (κ1) is 14.0. The highest BCUT2D eigenvalue weighted by Gasteiger charge is 2.26. The number of aromatic nitrogens is 2. The van der Waals surface area contributed by atoms with E-state index in [0.29, 0.717) is 0 Å². The second-order valence-electron chi connectivity index (χ2n) is 4.89. The van der Waals surface area contributed by atoms with E-state index in [-0.39, 0.29) is 22.7 Å². The third-order valence-electron chi connectivity index (χ3n) is 3.73. The van der Waals surface area contributed by atoms with E-state index in [4.69, 9.17) is 11.6 Å². The van der Waals surface area contributed by atoms with E-state index in [1.54, 1.807) is 0 Å². The van der Waals surface area contributed by atoms with E-state index in [1.807, 2.05) is 0 Å². The van der Waals surface area contributed by atoms with Gasteiger partial charge in [0.25, 0.3) is 0 Å². The minimum absolute atomic E-state index is 0.121. The maximum Gasteiger partial charge on any atom is 0.348 e. The lowest BCUT2D eigenvalue weighted by Gasteiger charge is -2.28. The quantitative estimate of drug-likeness (QED) is 0.520. The Morgan fingerprint density at radius 2 is 2.11 bits per heavy atom.